The van der Waals surface area contributed by atoms with Gasteiger partial charge >= 0.3 is 0 Å². The molecule has 8 aromatic carbocycles. The smallest absolute Gasteiger partial charge is 0.120 e. The van der Waals surface area contributed by atoms with E-state index in [0.717, 1.165) is 22.9 Å². The lowest BCUT2D eigenvalue weighted by molar-refractivity contribution is 0.201. The summed E-state index contributed by atoms with van der Waals surface area (Å²) in [4.78, 5) is 0. The molecular weight excluding hydrogens is 572 g/mol. The highest BCUT2D eigenvalue weighted by Gasteiger charge is 2.26. The highest BCUT2D eigenvalue weighted by molar-refractivity contribution is 6.04. The van der Waals surface area contributed by atoms with Crippen LogP contribution in [0.3, 0.4) is 0 Å². The second-order valence-corrected chi connectivity index (χ2v) is 12.4. The molecular formula is C45H32O2. The second kappa shape index (κ2) is 11.3. The predicted molar refractivity (Wildman–Crippen MR) is 196 cm³/mol. The van der Waals surface area contributed by atoms with Crippen LogP contribution in [-0.2, 0) is 6.42 Å². The van der Waals surface area contributed by atoms with Crippen molar-refractivity contribution in [2.45, 2.75) is 6.42 Å². The number of aliphatic hydroxyl groups excluding tert-OH is 1. The van der Waals surface area contributed by atoms with Crippen LogP contribution >= 0.6 is 0 Å². The highest BCUT2D eigenvalue weighted by Crippen LogP contribution is 2.48. The van der Waals surface area contributed by atoms with E-state index in [0.29, 0.717) is 0 Å². The van der Waals surface area contributed by atoms with E-state index in [1.807, 2.05) is 6.07 Å². The summed E-state index contributed by atoms with van der Waals surface area (Å²) >= 11 is 0. The van der Waals surface area contributed by atoms with E-state index in [9.17, 15) is 5.11 Å². The number of aliphatic hydroxyl groups is 1. The van der Waals surface area contributed by atoms with E-state index < -0.39 is 0 Å². The fraction of sp³-hybridized carbons (Fsp3) is 0.0667. The van der Waals surface area contributed by atoms with Crippen molar-refractivity contribution in [2.24, 2.45) is 0 Å². The van der Waals surface area contributed by atoms with Gasteiger partial charge in [0.05, 0.1) is 6.61 Å². The standard InChI is InChI=1S/C45H32O2/c46-23-24-47-36-19-17-31-25-34(16-15-32(31)27-36)45-43(41-14-6-10-30-8-2-4-12-38(30)41)22-21-42-40-20-18-33(26-35(40)28-44(42)45)39-13-5-9-29-7-1-3-11-37(29)39/h1-22,25-27,46H,23-24,28H2. The Balaban J connectivity index is 1.23. The monoisotopic (exact) mass is 604 g/mol. The normalized spacial score (nSPS) is 12.0. The van der Waals surface area contributed by atoms with Crippen molar-refractivity contribution in [1.82, 2.24) is 0 Å². The van der Waals surface area contributed by atoms with Crippen molar-refractivity contribution in [3.63, 3.8) is 0 Å². The maximum absolute atomic E-state index is 9.22. The minimum absolute atomic E-state index is 0.00113. The first-order chi connectivity index (χ1) is 23.2. The second-order valence-electron chi connectivity index (χ2n) is 12.4. The highest BCUT2D eigenvalue weighted by atomic mass is 16.5. The summed E-state index contributed by atoms with van der Waals surface area (Å²) in [6.45, 7) is 0.287. The van der Waals surface area contributed by atoms with Gasteiger partial charge in [0.15, 0.2) is 0 Å². The zero-order valence-corrected chi connectivity index (χ0v) is 25.9. The van der Waals surface area contributed by atoms with Crippen molar-refractivity contribution in [3.8, 4) is 50.3 Å². The summed E-state index contributed by atoms with van der Waals surface area (Å²) in [6.07, 6.45) is 0.878. The first-order valence-corrected chi connectivity index (χ1v) is 16.3. The summed E-state index contributed by atoms with van der Waals surface area (Å²) in [5.74, 6) is 0.772. The number of hydrogen-bond donors (Lipinski definition) is 1. The average molecular weight is 605 g/mol. The molecule has 224 valence electrons. The molecule has 0 saturated heterocycles. The third kappa shape index (κ3) is 4.69. The van der Waals surface area contributed by atoms with E-state index in [-0.39, 0.29) is 13.2 Å². The predicted octanol–water partition coefficient (Wildman–Crippen LogP) is 11.1. The van der Waals surface area contributed by atoms with Crippen molar-refractivity contribution in [2.75, 3.05) is 13.2 Å². The Morgan fingerprint density at radius 1 is 0.468 bits per heavy atom. The molecule has 0 fully saturated rings. The molecule has 0 amide bonds. The van der Waals surface area contributed by atoms with Crippen LogP contribution < -0.4 is 4.74 Å². The van der Waals surface area contributed by atoms with Crippen molar-refractivity contribution >= 4 is 32.3 Å². The average Bonchev–Trinajstić information content (AvgIpc) is 3.51. The molecule has 47 heavy (non-hydrogen) atoms. The molecule has 0 aliphatic heterocycles. The lowest BCUT2D eigenvalue weighted by Gasteiger charge is -2.18. The molecule has 1 aliphatic rings. The fourth-order valence-corrected chi connectivity index (χ4v) is 7.57. The lowest BCUT2D eigenvalue weighted by atomic mass is 9.85. The molecule has 8 aromatic rings. The van der Waals surface area contributed by atoms with E-state index in [2.05, 4.69) is 146 Å². The molecule has 0 aromatic heterocycles. The summed E-state index contributed by atoms with van der Waals surface area (Å²) in [6, 6.07) is 55.2. The molecule has 2 heteroatoms. The molecule has 0 saturated carbocycles. The first-order valence-electron chi connectivity index (χ1n) is 16.3. The van der Waals surface area contributed by atoms with Crippen LogP contribution in [0.5, 0.6) is 5.75 Å². The minimum Gasteiger partial charge on any atom is -0.491 e. The number of ether oxygens (including phenoxy) is 1. The Morgan fingerprint density at radius 2 is 1.11 bits per heavy atom. The van der Waals surface area contributed by atoms with Gasteiger partial charge in [-0.1, -0.05) is 133 Å². The fourth-order valence-electron chi connectivity index (χ4n) is 7.57. The summed E-state index contributed by atoms with van der Waals surface area (Å²) in [7, 11) is 0. The minimum atomic E-state index is -0.00113. The maximum atomic E-state index is 9.22. The van der Waals surface area contributed by atoms with Gasteiger partial charge in [0, 0.05) is 0 Å². The van der Waals surface area contributed by atoms with Crippen molar-refractivity contribution in [1.29, 1.82) is 0 Å². The first kappa shape index (κ1) is 27.6. The zero-order chi connectivity index (χ0) is 31.3. The van der Waals surface area contributed by atoms with Gasteiger partial charge in [-0.2, -0.15) is 0 Å². The van der Waals surface area contributed by atoms with Crippen LogP contribution in [0.2, 0.25) is 0 Å². The Kier molecular flexibility index (Phi) is 6.62. The molecule has 0 bridgehead atoms. The third-order valence-corrected chi connectivity index (χ3v) is 9.72. The molecule has 0 heterocycles. The van der Waals surface area contributed by atoms with E-state index in [4.69, 9.17) is 4.74 Å². The quantitative estimate of drug-likeness (QED) is 0.205. The van der Waals surface area contributed by atoms with E-state index in [1.54, 1.807) is 0 Å². The van der Waals surface area contributed by atoms with Gasteiger partial charge < -0.3 is 9.84 Å². The maximum Gasteiger partial charge on any atom is 0.120 e. The van der Waals surface area contributed by atoms with Crippen LogP contribution in [0, 0.1) is 0 Å². The van der Waals surface area contributed by atoms with Gasteiger partial charge in [-0.05, 0) is 113 Å². The third-order valence-electron chi connectivity index (χ3n) is 9.72. The van der Waals surface area contributed by atoms with Gasteiger partial charge in [0.2, 0.25) is 0 Å². The molecule has 9 rings (SSSR count). The van der Waals surface area contributed by atoms with Crippen LogP contribution in [0.1, 0.15) is 11.1 Å². The largest absolute Gasteiger partial charge is 0.491 e. The number of rotatable bonds is 6. The summed E-state index contributed by atoms with van der Waals surface area (Å²) in [5, 5.41) is 16.6. The lowest BCUT2D eigenvalue weighted by Crippen LogP contribution is -2.01. The Hall–Kier alpha value is -5.70. The van der Waals surface area contributed by atoms with E-state index >= 15 is 0 Å². The Morgan fingerprint density at radius 3 is 1.91 bits per heavy atom. The molecule has 0 unspecified atom stereocenters. The van der Waals surface area contributed by atoms with Gasteiger partial charge in [-0.15, -0.1) is 0 Å². The van der Waals surface area contributed by atoms with E-state index in [1.165, 1.54) is 77.2 Å². The SMILES string of the molecule is OCCOc1ccc2cc(-c3c(-c4cccc5ccccc45)ccc4c3Cc3cc(-c5cccc6ccccc56)ccc3-4)ccc2c1. The number of fused-ring (bicyclic) bond motifs is 6. The van der Waals surface area contributed by atoms with Crippen LogP contribution in [0.25, 0.3) is 76.8 Å². The van der Waals surface area contributed by atoms with Crippen LogP contribution in [-0.4, -0.2) is 18.3 Å². The van der Waals surface area contributed by atoms with Gasteiger partial charge in [0.1, 0.15) is 12.4 Å². The van der Waals surface area contributed by atoms with Crippen molar-refractivity contribution in [3.05, 3.63) is 163 Å². The number of hydrogen-bond acceptors (Lipinski definition) is 2. The van der Waals surface area contributed by atoms with Gasteiger partial charge in [-0.25, -0.2) is 0 Å². The van der Waals surface area contributed by atoms with Gasteiger partial charge in [0.25, 0.3) is 0 Å². The van der Waals surface area contributed by atoms with Crippen LogP contribution in [0.15, 0.2) is 152 Å². The molecule has 1 N–H and O–H groups in total. The molecule has 2 nitrogen and oxygen atoms in total. The number of benzene rings is 8. The topological polar surface area (TPSA) is 29.5 Å². The summed E-state index contributed by atoms with van der Waals surface area (Å²) in [5.41, 5.74) is 12.9. The Bertz CT molecular complexity index is 2480. The molecule has 0 atom stereocenters. The summed E-state index contributed by atoms with van der Waals surface area (Å²) < 4.78 is 5.71. The van der Waals surface area contributed by atoms with Gasteiger partial charge in [-0.3, -0.25) is 0 Å². The molecule has 0 spiro atoms. The van der Waals surface area contributed by atoms with Crippen LogP contribution in [0.4, 0.5) is 0 Å². The Labute approximate surface area is 274 Å². The molecule has 1 aliphatic carbocycles. The molecule has 0 radical (unpaired) electrons. The zero-order valence-electron chi connectivity index (χ0n) is 25.9. The van der Waals surface area contributed by atoms with Crippen molar-refractivity contribution < 1.29 is 9.84 Å².